The molecule has 0 aromatic carbocycles. The molecule has 0 aliphatic rings. The number of esters is 1. The Kier molecular flexibility index (Phi) is 12.9. The van der Waals surface area contributed by atoms with Crippen molar-refractivity contribution in [3.05, 3.63) is 12.2 Å². The van der Waals surface area contributed by atoms with Crippen molar-refractivity contribution in [2.45, 2.75) is 84.3 Å². The first-order chi connectivity index (χ1) is 11.4. The summed E-state index contributed by atoms with van der Waals surface area (Å²) in [6.45, 7) is 9.94. The quantitative estimate of drug-likeness (QED) is 0.176. The van der Waals surface area contributed by atoms with Crippen LogP contribution in [0.25, 0.3) is 0 Å². The lowest BCUT2D eigenvalue weighted by molar-refractivity contribution is -0.204. The maximum Gasteiger partial charge on any atom is 0.333 e. The summed E-state index contributed by atoms with van der Waals surface area (Å²) < 4.78 is 16.2. The molecule has 1 unspecified atom stereocenters. The molecule has 0 radical (unpaired) electrons. The minimum absolute atomic E-state index is 0.301. The van der Waals surface area contributed by atoms with Crippen molar-refractivity contribution < 1.29 is 19.0 Å². The van der Waals surface area contributed by atoms with Gasteiger partial charge >= 0.3 is 5.97 Å². The van der Waals surface area contributed by atoms with Crippen molar-refractivity contribution in [2.24, 2.45) is 5.92 Å². The average Bonchev–Trinajstić information content (AvgIpc) is 2.57. The van der Waals surface area contributed by atoms with Crippen LogP contribution >= 0.6 is 0 Å². The van der Waals surface area contributed by atoms with Crippen LogP contribution < -0.4 is 0 Å². The smallest absolute Gasteiger partial charge is 0.333 e. The van der Waals surface area contributed by atoms with Crippen LogP contribution in [-0.2, 0) is 19.0 Å². The molecule has 0 rings (SSSR count). The van der Waals surface area contributed by atoms with Crippen LogP contribution in [0.4, 0.5) is 0 Å². The molecule has 142 valence electrons. The Labute approximate surface area is 148 Å². The number of rotatable bonds is 15. The van der Waals surface area contributed by atoms with Gasteiger partial charge in [-0.25, -0.2) is 4.79 Å². The highest BCUT2D eigenvalue weighted by Crippen LogP contribution is 2.28. The molecule has 0 aliphatic carbocycles. The molecule has 1 atom stereocenters. The van der Waals surface area contributed by atoms with Gasteiger partial charge in [0, 0.05) is 26.2 Å². The zero-order valence-electron chi connectivity index (χ0n) is 16.5. The number of carbonyl (C=O) groups excluding carboxylic acids is 1. The molecule has 0 saturated carbocycles. The lowest BCUT2D eigenvalue weighted by Crippen LogP contribution is -2.32. The third kappa shape index (κ3) is 10.8. The fraction of sp³-hybridized carbons (Fsp3) is 0.850. The molecule has 0 aromatic heterocycles. The molecule has 4 nitrogen and oxygen atoms in total. The number of hydrogen-bond acceptors (Lipinski definition) is 4. The minimum Gasteiger partial charge on any atom is -0.462 e. The van der Waals surface area contributed by atoms with Crippen LogP contribution in [0, 0.1) is 5.92 Å². The molecular weight excluding hydrogens is 304 g/mol. The Balaban J connectivity index is 4.30. The Morgan fingerprint density at radius 1 is 1.04 bits per heavy atom. The number of hydrogen-bond donors (Lipinski definition) is 0. The number of ether oxygens (including phenoxy) is 3. The summed E-state index contributed by atoms with van der Waals surface area (Å²) in [5.74, 6) is -0.326. The highest BCUT2D eigenvalue weighted by molar-refractivity contribution is 5.86. The second-order valence-corrected chi connectivity index (χ2v) is 6.87. The molecule has 0 amide bonds. The van der Waals surface area contributed by atoms with Gasteiger partial charge in [0.25, 0.3) is 0 Å². The van der Waals surface area contributed by atoms with E-state index >= 15 is 0 Å². The summed E-state index contributed by atoms with van der Waals surface area (Å²) in [4.78, 5) is 11.4. The van der Waals surface area contributed by atoms with Gasteiger partial charge in [-0.1, -0.05) is 52.0 Å². The standard InChI is InChI=1S/C20H38O4/c1-7-8-9-10-11-13-18(16-20(4,22-5)23-6)14-12-15-24-19(21)17(2)3/h18H,2,7-16H2,1,3-6H3. The summed E-state index contributed by atoms with van der Waals surface area (Å²) in [6.07, 6.45) is 10.3. The third-order valence-corrected chi connectivity index (χ3v) is 4.58. The predicted molar refractivity (Wildman–Crippen MR) is 98.9 cm³/mol. The molecule has 0 heterocycles. The van der Waals surface area contributed by atoms with Gasteiger partial charge in [0.05, 0.1) is 6.61 Å². The van der Waals surface area contributed by atoms with Crippen LogP contribution in [0.5, 0.6) is 0 Å². The van der Waals surface area contributed by atoms with Crippen LogP contribution in [0.1, 0.15) is 78.6 Å². The van der Waals surface area contributed by atoms with Crippen molar-refractivity contribution in [1.29, 1.82) is 0 Å². The normalized spacial score (nSPS) is 12.9. The van der Waals surface area contributed by atoms with E-state index in [1.54, 1.807) is 21.1 Å². The molecule has 0 saturated heterocycles. The van der Waals surface area contributed by atoms with Gasteiger partial charge in [-0.05, 0) is 32.6 Å². The SMILES string of the molecule is C=C(C)C(=O)OCCCC(CCCCCCC)CC(C)(OC)OC. The Bertz CT molecular complexity index is 348. The summed E-state index contributed by atoms with van der Waals surface area (Å²) in [5, 5.41) is 0. The van der Waals surface area contributed by atoms with Crippen molar-refractivity contribution in [3.63, 3.8) is 0 Å². The van der Waals surface area contributed by atoms with Crippen LogP contribution in [0.15, 0.2) is 12.2 Å². The van der Waals surface area contributed by atoms with Gasteiger partial charge in [-0.3, -0.25) is 0 Å². The summed E-state index contributed by atoms with van der Waals surface area (Å²) in [5.41, 5.74) is 0.453. The van der Waals surface area contributed by atoms with Crippen molar-refractivity contribution in [1.82, 2.24) is 0 Å². The topological polar surface area (TPSA) is 44.8 Å². The van der Waals surface area contributed by atoms with Crippen LogP contribution in [-0.4, -0.2) is 32.6 Å². The lowest BCUT2D eigenvalue weighted by atomic mass is 9.89. The molecule has 4 heteroatoms. The van der Waals surface area contributed by atoms with E-state index in [2.05, 4.69) is 13.5 Å². The van der Waals surface area contributed by atoms with Crippen molar-refractivity contribution >= 4 is 5.97 Å². The molecule has 0 fully saturated rings. The van der Waals surface area contributed by atoms with Crippen LogP contribution in [0.2, 0.25) is 0 Å². The average molecular weight is 343 g/mol. The highest BCUT2D eigenvalue weighted by Gasteiger charge is 2.27. The van der Waals surface area contributed by atoms with Crippen molar-refractivity contribution in [3.8, 4) is 0 Å². The predicted octanol–water partition coefficient (Wildman–Crippen LogP) is 5.26. The Hall–Kier alpha value is -0.870. The largest absolute Gasteiger partial charge is 0.462 e. The summed E-state index contributed by atoms with van der Waals surface area (Å²) in [6, 6.07) is 0. The van der Waals surface area contributed by atoms with E-state index in [1.807, 2.05) is 6.92 Å². The first-order valence-corrected chi connectivity index (χ1v) is 9.31. The number of unbranched alkanes of at least 4 members (excludes halogenated alkanes) is 4. The zero-order chi connectivity index (χ0) is 18.4. The summed E-state index contributed by atoms with van der Waals surface area (Å²) >= 11 is 0. The van der Waals surface area contributed by atoms with E-state index in [0.717, 1.165) is 19.3 Å². The lowest BCUT2D eigenvalue weighted by Gasteiger charge is -2.31. The molecule has 24 heavy (non-hydrogen) atoms. The molecule has 0 bridgehead atoms. The molecular formula is C20H38O4. The third-order valence-electron chi connectivity index (χ3n) is 4.58. The molecule has 0 spiro atoms. The molecule has 0 aliphatic heterocycles. The number of carbonyl (C=O) groups is 1. The van der Waals surface area contributed by atoms with Gasteiger partial charge in [0.15, 0.2) is 5.79 Å². The van der Waals surface area contributed by atoms with E-state index in [9.17, 15) is 4.79 Å². The van der Waals surface area contributed by atoms with E-state index in [1.165, 1.54) is 38.5 Å². The fourth-order valence-corrected chi connectivity index (χ4v) is 2.82. The van der Waals surface area contributed by atoms with E-state index in [0.29, 0.717) is 18.1 Å². The number of methoxy groups -OCH3 is 2. The van der Waals surface area contributed by atoms with Gasteiger partial charge in [-0.15, -0.1) is 0 Å². The van der Waals surface area contributed by atoms with Crippen LogP contribution in [0.3, 0.4) is 0 Å². The second kappa shape index (κ2) is 13.4. The van der Waals surface area contributed by atoms with E-state index < -0.39 is 5.79 Å². The monoisotopic (exact) mass is 342 g/mol. The van der Waals surface area contributed by atoms with Gasteiger partial charge in [0.1, 0.15) is 0 Å². The first-order valence-electron chi connectivity index (χ1n) is 9.31. The molecule has 0 aromatic rings. The minimum atomic E-state index is -0.539. The van der Waals surface area contributed by atoms with E-state index in [-0.39, 0.29) is 5.97 Å². The van der Waals surface area contributed by atoms with Gasteiger partial charge < -0.3 is 14.2 Å². The Morgan fingerprint density at radius 2 is 1.62 bits per heavy atom. The van der Waals surface area contributed by atoms with Crippen molar-refractivity contribution in [2.75, 3.05) is 20.8 Å². The maximum absolute atomic E-state index is 11.4. The van der Waals surface area contributed by atoms with Gasteiger partial charge in [0.2, 0.25) is 0 Å². The second-order valence-electron chi connectivity index (χ2n) is 6.87. The Morgan fingerprint density at radius 3 is 2.17 bits per heavy atom. The zero-order valence-corrected chi connectivity index (χ0v) is 16.5. The van der Waals surface area contributed by atoms with Gasteiger partial charge in [-0.2, -0.15) is 0 Å². The summed E-state index contributed by atoms with van der Waals surface area (Å²) in [7, 11) is 3.38. The highest BCUT2D eigenvalue weighted by atomic mass is 16.7. The first kappa shape index (κ1) is 23.1. The van der Waals surface area contributed by atoms with E-state index in [4.69, 9.17) is 14.2 Å². The maximum atomic E-state index is 11.4. The fourth-order valence-electron chi connectivity index (χ4n) is 2.82. The molecule has 0 N–H and O–H groups in total.